The molecule has 2 N–H and O–H groups in total. The smallest absolute Gasteiger partial charge is 0.250 e. The molecule has 1 aromatic heterocycles. The topological polar surface area (TPSA) is 99.2 Å². The van der Waals surface area contributed by atoms with Gasteiger partial charge in [0.25, 0.3) is 5.95 Å². The lowest BCUT2D eigenvalue weighted by Gasteiger charge is -2.31. The molecule has 2 aromatic rings. The van der Waals surface area contributed by atoms with Crippen LogP contribution in [0.4, 0.5) is 5.95 Å². The third-order valence-electron chi connectivity index (χ3n) is 3.12. The van der Waals surface area contributed by atoms with Crippen molar-refractivity contribution in [3.63, 3.8) is 0 Å². The van der Waals surface area contributed by atoms with Gasteiger partial charge in [-0.2, -0.15) is 4.68 Å². The maximum absolute atomic E-state index is 11.2. The molecule has 104 valence electrons. The van der Waals surface area contributed by atoms with Crippen LogP contribution in [0.25, 0.3) is 5.69 Å². The first-order chi connectivity index (χ1) is 9.75. The number of amides is 1. The molecule has 1 atom stereocenters. The van der Waals surface area contributed by atoms with E-state index in [0.717, 1.165) is 5.69 Å². The summed E-state index contributed by atoms with van der Waals surface area (Å²) in [5.41, 5.74) is 6.14. The largest absolute Gasteiger partial charge is 0.367 e. The highest BCUT2D eigenvalue weighted by atomic mass is 16.5. The van der Waals surface area contributed by atoms with Crippen molar-refractivity contribution < 1.29 is 9.53 Å². The van der Waals surface area contributed by atoms with Crippen LogP contribution < -0.4 is 10.6 Å². The van der Waals surface area contributed by atoms with Crippen molar-refractivity contribution in [3.8, 4) is 5.69 Å². The molecule has 1 unspecified atom stereocenters. The van der Waals surface area contributed by atoms with Gasteiger partial charge in [0, 0.05) is 6.54 Å². The average Bonchev–Trinajstić information content (AvgIpc) is 2.98. The SMILES string of the molecule is NC(=O)C1CN(c2nnnn2-c2ccccc2)CCO1. The second kappa shape index (κ2) is 5.25. The molecule has 1 saturated heterocycles. The van der Waals surface area contributed by atoms with E-state index in [9.17, 15) is 4.79 Å². The summed E-state index contributed by atoms with van der Waals surface area (Å²) in [7, 11) is 0. The van der Waals surface area contributed by atoms with Crippen molar-refractivity contribution in [2.45, 2.75) is 6.10 Å². The van der Waals surface area contributed by atoms with Gasteiger partial charge in [0.2, 0.25) is 5.91 Å². The van der Waals surface area contributed by atoms with Crippen molar-refractivity contribution in [1.29, 1.82) is 0 Å². The van der Waals surface area contributed by atoms with Gasteiger partial charge in [0.15, 0.2) is 6.10 Å². The number of morpholine rings is 1. The number of para-hydroxylation sites is 1. The highest BCUT2D eigenvalue weighted by molar-refractivity contribution is 5.79. The van der Waals surface area contributed by atoms with Crippen LogP contribution >= 0.6 is 0 Å². The van der Waals surface area contributed by atoms with Crippen LogP contribution in [0.15, 0.2) is 30.3 Å². The van der Waals surface area contributed by atoms with Crippen LogP contribution in [-0.4, -0.2) is 51.9 Å². The quantitative estimate of drug-likeness (QED) is 0.798. The monoisotopic (exact) mass is 274 g/mol. The number of rotatable bonds is 3. The summed E-state index contributed by atoms with van der Waals surface area (Å²) in [6.45, 7) is 1.37. The van der Waals surface area contributed by atoms with Gasteiger partial charge in [-0.05, 0) is 22.6 Å². The molecule has 0 spiro atoms. The lowest BCUT2D eigenvalue weighted by molar-refractivity contribution is -0.130. The van der Waals surface area contributed by atoms with Gasteiger partial charge >= 0.3 is 0 Å². The molecule has 20 heavy (non-hydrogen) atoms. The Balaban J connectivity index is 1.88. The maximum Gasteiger partial charge on any atom is 0.250 e. The fourth-order valence-electron chi connectivity index (χ4n) is 2.12. The number of hydrogen-bond donors (Lipinski definition) is 1. The fourth-order valence-corrected chi connectivity index (χ4v) is 2.12. The number of benzene rings is 1. The normalized spacial score (nSPS) is 19.0. The lowest BCUT2D eigenvalue weighted by Crippen LogP contribution is -2.49. The molecule has 1 amide bonds. The van der Waals surface area contributed by atoms with Crippen molar-refractivity contribution in [2.75, 3.05) is 24.6 Å². The summed E-state index contributed by atoms with van der Waals surface area (Å²) >= 11 is 0. The Kier molecular flexibility index (Phi) is 3.30. The van der Waals surface area contributed by atoms with Crippen molar-refractivity contribution in [3.05, 3.63) is 30.3 Å². The lowest BCUT2D eigenvalue weighted by atomic mass is 10.2. The third kappa shape index (κ3) is 2.32. The number of nitrogens with two attached hydrogens (primary N) is 1. The van der Waals surface area contributed by atoms with E-state index in [1.807, 2.05) is 35.2 Å². The Morgan fingerprint density at radius 3 is 2.90 bits per heavy atom. The second-order valence-electron chi connectivity index (χ2n) is 4.43. The molecule has 1 aliphatic rings. The molecule has 2 heterocycles. The standard InChI is InChI=1S/C12H14N6O2/c13-11(19)10-8-17(6-7-20-10)12-14-15-16-18(12)9-4-2-1-3-5-9/h1-5,10H,6-8H2,(H2,13,19). The summed E-state index contributed by atoms with van der Waals surface area (Å²) in [6, 6.07) is 9.56. The predicted molar refractivity (Wildman–Crippen MR) is 70.3 cm³/mol. The van der Waals surface area contributed by atoms with E-state index in [2.05, 4.69) is 15.5 Å². The summed E-state index contributed by atoms with van der Waals surface area (Å²) < 4.78 is 6.95. The number of primary amides is 1. The number of hydrogen-bond acceptors (Lipinski definition) is 6. The maximum atomic E-state index is 11.2. The van der Waals surface area contributed by atoms with E-state index in [-0.39, 0.29) is 0 Å². The fraction of sp³-hybridized carbons (Fsp3) is 0.333. The van der Waals surface area contributed by atoms with Crippen LogP contribution in [0.3, 0.4) is 0 Å². The summed E-state index contributed by atoms with van der Waals surface area (Å²) in [5.74, 6) is 0.0965. The molecule has 0 radical (unpaired) electrons. The first kappa shape index (κ1) is 12.5. The van der Waals surface area contributed by atoms with Gasteiger partial charge in [0.05, 0.1) is 18.8 Å². The molecular weight excluding hydrogens is 260 g/mol. The number of carbonyl (C=O) groups is 1. The highest BCUT2D eigenvalue weighted by Crippen LogP contribution is 2.17. The Morgan fingerprint density at radius 2 is 2.15 bits per heavy atom. The van der Waals surface area contributed by atoms with Gasteiger partial charge in [-0.1, -0.05) is 23.3 Å². The van der Waals surface area contributed by atoms with Gasteiger partial charge in [0.1, 0.15) is 0 Å². The summed E-state index contributed by atoms with van der Waals surface area (Å²) in [4.78, 5) is 13.1. The summed E-state index contributed by atoms with van der Waals surface area (Å²) in [6.07, 6.45) is -0.635. The number of nitrogens with zero attached hydrogens (tertiary/aromatic N) is 5. The second-order valence-corrected chi connectivity index (χ2v) is 4.43. The third-order valence-corrected chi connectivity index (χ3v) is 3.12. The molecule has 8 nitrogen and oxygen atoms in total. The molecule has 0 bridgehead atoms. The molecule has 1 aliphatic heterocycles. The van der Waals surface area contributed by atoms with E-state index in [1.54, 1.807) is 4.68 Å². The molecule has 1 aromatic carbocycles. The van der Waals surface area contributed by atoms with Gasteiger partial charge in [-0.25, -0.2) is 0 Å². The number of aromatic nitrogens is 4. The van der Waals surface area contributed by atoms with Crippen LogP contribution in [0.2, 0.25) is 0 Å². The van der Waals surface area contributed by atoms with E-state index in [0.29, 0.717) is 25.6 Å². The zero-order chi connectivity index (χ0) is 13.9. The zero-order valence-corrected chi connectivity index (χ0v) is 10.7. The summed E-state index contributed by atoms with van der Waals surface area (Å²) in [5, 5.41) is 11.7. The number of ether oxygens (including phenoxy) is 1. The van der Waals surface area contributed by atoms with Crippen LogP contribution in [0.5, 0.6) is 0 Å². The van der Waals surface area contributed by atoms with Crippen LogP contribution in [-0.2, 0) is 9.53 Å². The minimum absolute atomic E-state index is 0.350. The Morgan fingerprint density at radius 1 is 1.35 bits per heavy atom. The van der Waals surface area contributed by atoms with E-state index < -0.39 is 12.0 Å². The molecule has 0 saturated carbocycles. The van der Waals surface area contributed by atoms with Gasteiger partial charge in [-0.15, -0.1) is 0 Å². The zero-order valence-electron chi connectivity index (χ0n) is 10.7. The molecule has 0 aliphatic carbocycles. The predicted octanol–water partition coefficient (Wildman–Crippen LogP) is -0.647. The first-order valence-corrected chi connectivity index (χ1v) is 6.25. The minimum atomic E-state index is -0.635. The van der Waals surface area contributed by atoms with Crippen LogP contribution in [0.1, 0.15) is 0 Å². The number of anilines is 1. The van der Waals surface area contributed by atoms with E-state index in [1.165, 1.54) is 0 Å². The highest BCUT2D eigenvalue weighted by Gasteiger charge is 2.28. The van der Waals surface area contributed by atoms with Crippen molar-refractivity contribution in [2.24, 2.45) is 5.73 Å². The first-order valence-electron chi connectivity index (χ1n) is 6.25. The molecule has 3 rings (SSSR count). The van der Waals surface area contributed by atoms with Crippen molar-refractivity contribution in [1.82, 2.24) is 20.2 Å². The van der Waals surface area contributed by atoms with E-state index >= 15 is 0 Å². The average molecular weight is 274 g/mol. The Hall–Kier alpha value is -2.48. The van der Waals surface area contributed by atoms with Gasteiger partial charge < -0.3 is 15.4 Å². The minimum Gasteiger partial charge on any atom is -0.367 e. The number of carbonyl (C=O) groups excluding carboxylic acids is 1. The molecular formula is C12H14N6O2. The van der Waals surface area contributed by atoms with E-state index in [4.69, 9.17) is 10.5 Å². The van der Waals surface area contributed by atoms with Crippen molar-refractivity contribution >= 4 is 11.9 Å². The van der Waals surface area contributed by atoms with Crippen LogP contribution in [0, 0.1) is 0 Å². The Labute approximate surface area is 115 Å². The number of tetrazole rings is 1. The van der Waals surface area contributed by atoms with Gasteiger partial charge in [-0.3, -0.25) is 4.79 Å². The molecule has 8 heteroatoms. The Bertz CT molecular complexity index is 599. The molecule has 1 fully saturated rings.